The van der Waals surface area contributed by atoms with Gasteiger partial charge in [-0.3, -0.25) is 4.79 Å². The molecule has 0 radical (unpaired) electrons. The third kappa shape index (κ3) is 2.51. The van der Waals surface area contributed by atoms with Gasteiger partial charge >= 0.3 is 5.97 Å². The molecule has 0 bridgehead atoms. The van der Waals surface area contributed by atoms with Crippen molar-refractivity contribution in [2.75, 3.05) is 6.61 Å². The number of carbonyl (C=O) groups is 1. The molecule has 18 heavy (non-hydrogen) atoms. The van der Waals surface area contributed by atoms with Crippen LogP contribution in [0.3, 0.4) is 0 Å². The van der Waals surface area contributed by atoms with Gasteiger partial charge in [-0.05, 0) is 25.0 Å². The highest BCUT2D eigenvalue weighted by Gasteiger charge is 2.07. The highest BCUT2D eigenvalue weighted by molar-refractivity contribution is 5.86. The number of benzene rings is 1. The summed E-state index contributed by atoms with van der Waals surface area (Å²) in [4.78, 5) is 17.8. The summed E-state index contributed by atoms with van der Waals surface area (Å²) < 4.78 is 4.90. The molecule has 0 saturated heterocycles. The van der Waals surface area contributed by atoms with Crippen LogP contribution in [0.1, 0.15) is 18.9 Å². The molecule has 0 atom stereocenters. The summed E-state index contributed by atoms with van der Waals surface area (Å²) in [6.45, 7) is 9.18. The number of ether oxygens (including phenoxy) is 1. The number of aromatic amines is 1. The van der Waals surface area contributed by atoms with E-state index >= 15 is 0 Å². The molecule has 2 aromatic rings. The van der Waals surface area contributed by atoms with E-state index in [2.05, 4.69) is 9.83 Å². The van der Waals surface area contributed by atoms with E-state index in [1.54, 1.807) is 13.0 Å². The molecule has 0 aliphatic heterocycles. The summed E-state index contributed by atoms with van der Waals surface area (Å²) in [7, 11) is 0. The van der Waals surface area contributed by atoms with Gasteiger partial charge in [0.15, 0.2) is 5.69 Å². The third-order valence-corrected chi connectivity index (χ3v) is 2.78. The summed E-state index contributed by atoms with van der Waals surface area (Å²) in [6.07, 6.45) is 2.92. The maximum Gasteiger partial charge on any atom is 0.306 e. The lowest BCUT2D eigenvalue weighted by atomic mass is 10.1. The first-order chi connectivity index (χ1) is 8.74. The minimum atomic E-state index is -0.176. The van der Waals surface area contributed by atoms with Gasteiger partial charge in [0.05, 0.1) is 13.2 Å². The predicted octanol–water partition coefficient (Wildman–Crippen LogP) is 3.21. The van der Waals surface area contributed by atoms with Crippen molar-refractivity contribution in [1.29, 1.82) is 0 Å². The molecule has 1 heterocycles. The van der Waals surface area contributed by atoms with Crippen molar-refractivity contribution in [3.8, 4) is 0 Å². The van der Waals surface area contributed by atoms with E-state index < -0.39 is 0 Å². The van der Waals surface area contributed by atoms with Gasteiger partial charge in [-0.1, -0.05) is 12.1 Å². The Morgan fingerprint density at radius 1 is 1.50 bits per heavy atom. The molecule has 0 amide bonds. The van der Waals surface area contributed by atoms with Crippen molar-refractivity contribution in [3.05, 3.63) is 41.4 Å². The molecule has 0 aliphatic rings. The third-order valence-electron chi connectivity index (χ3n) is 2.78. The number of fused-ring (bicyclic) bond motifs is 1. The summed E-state index contributed by atoms with van der Waals surface area (Å²) in [6, 6.07) is 5.52. The second kappa shape index (κ2) is 5.37. The molecule has 1 N–H and O–H groups in total. The maximum atomic E-state index is 11.3. The Labute approximate surface area is 105 Å². The quantitative estimate of drug-likeness (QED) is 0.661. The highest BCUT2D eigenvalue weighted by Crippen LogP contribution is 2.24. The summed E-state index contributed by atoms with van der Waals surface area (Å²) in [5.74, 6) is -0.176. The average Bonchev–Trinajstić information content (AvgIpc) is 2.78. The number of hydrogen-bond donors (Lipinski definition) is 1. The molecule has 92 valence electrons. The van der Waals surface area contributed by atoms with Crippen LogP contribution in [0, 0.1) is 6.57 Å². The second-order valence-electron chi connectivity index (χ2n) is 3.96. The number of H-pyrrole nitrogens is 1. The topological polar surface area (TPSA) is 46.5 Å². The van der Waals surface area contributed by atoms with Crippen molar-refractivity contribution < 1.29 is 9.53 Å². The minimum Gasteiger partial charge on any atom is -0.466 e. The van der Waals surface area contributed by atoms with Gasteiger partial charge in [-0.15, -0.1) is 0 Å². The normalized spacial score (nSPS) is 10.2. The zero-order valence-electron chi connectivity index (χ0n) is 10.2. The zero-order valence-corrected chi connectivity index (χ0v) is 10.2. The molecule has 1 aromatic carbocycles. The van der Waals surface area contributed by atoms with Crippen LogP contribution in [0.4, 0.5) is 5.69 Å². The maximum absolute atomic E-state index is 11.3. The first-order valence-corrected chi connectivity index (χ1v) is 5.87. The van der Waals surface area contributed by atoms with E-state index in [-0.39, 0.29) is 5.97 Å². The number of nitrogens with zero attached hydrogens (tertiary/aromatic N) is 1. The van der Waals surface area contributed by atoms with Crippen molar-refractivity contribution in [1.82, 2.24) is 4.98 Å². The molecular weight excluding hydrogens is 228 g/mol. The molecule has 0 unspecified atom stereocenters. The van der Waals surface area contributed by atoms with Gasteiger partial charge in [0.1, 0.15) is 0 Å². The van der Waals surface area contributed by atoms with Crippen LogP contribution in [0.25, 0.3) is 15.7 Å². The van der Waals surface area contributed by atoms with E-state index in [4.69, 9.17) is 11.3 Å². The van der Waals surface area contributed by atoms with Gasteiger partial charge in [0, 0.05) is 23.5 Å². The van der Waals surface area contributed by atoms with Crippen molar-refractivity contribution in [3.63, 3.8) is 0 Å². The SMILES string of the molecule is [C-]#[N+]c1ccc2c(CCC(=O)OCC)c[nH]c2c1. The minimum absolute atomic E-state index is 0.176. The van der Waals surface area contributed by atoms with Gasteiger partial charge in [0.25, 0.3) is 0 Å². The van der Waals surface area contributed by atoms with Crippen LogP contribution in [-0.4, -0.2) is 17.6 Å². The Morgan fingerprint density at radius 2 is 2.33 bits per heavy atom. The lowest BCUT2D eigenvalue weighted by Crippen LogP contribution is -2.04. The Morgan fingerprint density at radius 3 is 3.06 bits per heavy atom. The highest BCUT2D eigenvalue weighted by atomic mass is 16.5. The average molecular weight is 242 g/mol. The van der Waals surface area contributed by atoms with Crippen molar-refractivity contribution in [2.45, 2.75) is 19.8 Å². The molecular formula is C14H14N2O2. The Hall–Kier alpha value is -2.28. The Kier molecular flexibility index (Phi) is 3.63. The van der Waals surface area contributed by atoms with Crippen LogP contribution in [-0.2, 0) is 16.0 Å². The number of hydrogen-bond acceptors (Lipinski definition) is 2. The molecule has 0 fully saturated rings. The first kappa shape index (κ1) is 12.2. The van der Waals surface area contributed by atoms with E-state index in [1.165, 1.54) is 0 Å². The number of esters is 1. The van der Waals surface area contributed by atoms with Gasteiger partial charge < -0.3 is 9.72 Å². The van der Waals surface area contributed by atoms with Crippen molar-refractivity contribution in [2.24, 2.45) is 0 Å². The van der Waals surface area contributed by atoms with Crippen LogP contribution < -0.4 is 0 Å². The van der Waals surface area contributed by atoms with E-state index in [9.17, 15) is 4.79 Å². The smallest absolute Gasteiger partial charge is 0.306 e. The van der Waals surface area contributed by atoms with Crippen LogP contribution >= 0.6 is 0 Å². The monoisotopic (exact) mass is 242 g/mol. The Balaban J connectivity index is 2.15. The number of carbonyl (C=O) groups excluding carboxylic acids is 1. The molecule has 4 heteroatoms. The van der Waals surface area contributed by atoms with Crippen LogP contribution in [0.5, 0.6) is 0 Å². The summed E-state index contributed by atoms with van der Waals surface area (Å²) in [5, 5.41) is 1.06. The number of nitrogens with one attached hydrogen (secondary N) is 1. The van der Waals surface area contributed by atoms with E-state index in [1.807, 2.05) is 18.3 Å². The molecule has 0 spiro atoms. The number of aromatic nitrogens is 1. The van der Waals surface area contributed by atoms with Gasteiger partial charge in [-0.2, -0.15) is 0 Å². The summed E-state index contributed by atoms with van der Waals surface area (Å²) >= 11 is 0. The van der Waals surface area contributed by atoms with E-state index in [0.29, 0.717) is 25.1 Å². The standard InChI is InChI=1S/C14H14N2O2/c1-3-18-14(17)7-4-10-9-16-13-8-11(15-2)5-6-12(10)13/h5-6,8-9,16H,3-4,7H2,1H3. The summed E-state index contributed by atoms with van der Waals surface area (Å²) in [5.41, 5.74) is 2.62. The second-order valence-corrected chi connectivity index (χ2v) is 3.96. The fourth-order valence-corrected chi connectivity index (χ4v) is 1.92. The molecule has 4 nitrogen and oxygen atoms in total. The Bertz CT molecular complexity index is 608. The predicted molar refractivity (Wildman–Crippen MR) is 69.5 cm³/mol. The lowest BCUT2D eigenvalue weighted by Gasteiger charge is -2.01. The number of aryl methyl sites for hydroxylation is 1. The van der Waals surface area contributed by atoms with Crippen molar-refractivity contribution >= 4 is 22.6 Å². The number of rotatable bonds is 4. The van der Waals surface area contributed by atoms with Gasteiger partial charge in [0.2, 0.25) is 0 Å². The largest absolute Gasteiger partial charge is 0.466 e. The van der Waals surface area contributed by atoms with Gasteiger partial charge in [-0.25, -0.2) is 4.85 Å². The van der Waals surface area contributed by atoms with Crippen LogP contribution in [0.15, 0.2) is 24.4 Å². The first-order valence-electron chi connectivity index (χ1n) is 5.87. The molecule has 2 rings (SSSR count). The fraction of sp³-hybridized carbons (Fsp3) is 0.286. The lowest BCUT2D eigenvalue weighted by molar-refractivity contribution is -0.143. The molecule has 0 aliphatic carbocycles. The van der Waals surface area contributed by atoms with Crippen LogP contribution in [0.2, 0.25) is 0 Å². The zero-order chi connectivity index (χ0) is 13.0. The molecule has 0 saturated carbocycles. The van der Waals surface area contributed by atoms with E-state index in [0.717, 1.165) is 16.5 Å². The molecule has 1 aromatic heterocycles. The fourth-order valence-electron chi connectivity index (χ4n) is 1.92.